The monoisotopic (exact) mass is 279 g/mol. The van der Waals surface area contributed by atoms with E-state index in [1.807, 2.05) is 30.3 Å². The van der Waals surface area contributed by atoms with Gasteiger partial charge in [0.2, 0.25) is 0 Å². The Morgan fingerprint density at radius 3 is 2.31 bits per heavy atom. The quantitative estimate of drug-likeness (QED) is 0.893. The summed E-state index contributed by atoms with van der Waals surface area (Å²) in [4.78, 5) is 0. The normalized spacial score (nSPS) is 12.4. The molecule has 0 aliphatic carbocycles. The number of hydrogen-bond donors (Lipinski definition) is 1. The van der Waals surface area contributed by atoms with E-state index in [1.165, 1.54) is 6.07 Å². The maximum atomic E-state index is 13.7. The van der Waals surface area contributed by atoms with Crippen molar-refractivity contribution in [2.75, 3.05) is 0 Å². The summed E-state index contributed by atoms with van der Waals surface area (Å²) in [6.45, 7) is 0. The topological polar surface area (TPSA) is 26.0 Å². The zero-order valence-corrected chi connectivity index (χ0v) is 10.1. The summed E-state index contributed by atoms with van der Waals surface area (Å²) >= 11 is 3.32. The second-order valence-corrected chi connectivity index (χ2v) is 4.38. The van der Waals surface area contributed by atoms with Crippen molar-refractivity contribution in [3.05, 3.63) is 69.9 Å². The molecule has 0 saturated carbocycles. The van der Waals surface area contributed by atoms with Gasteiger partial charge in [-0.05, 0) is 17.7 Å². The largest absolute Gasteiger partial charge is 0.320 e. The lowest BCUT2D eigenvalue weighted by molar-refractivity contribution is 0.598. The number of nitrogens with two attached hydrogens (primary N) is 1. The highest BCUT2D eigenvalue weighted by atomic mass is 79.9. The molecule has 2 rings (SSSR count). The fourth-order valence-electron chi connectivity index (χ4n) is 1.63. The van der Waals surface area contributed by atoms with Crippen LogP contribution in [0.2, 0.25) is 0 Å². The minimum atomic E-state index is -0.447. The highest BCUT2D eigenvalue weighted by Crippen LogP contribution is 2.28. The highest BCUT2D eigenvalue weighted by Gasteiger charge is 2.16. The fourth-order valence-corrected chi connectivity index (χ4v) is 2.22. The molecule has 1 unspecified atom stereocenters. The minimum Gasteiger partial charge on any atom is -0.320 e. The molecule has 0 aromatic heterocycles. The van der Waals surface area contributed by atoms with Crippen LogP contribution in [0.4, 0.5) is 4.39 Å². The highest BCUT2D eigenvalue weighted by molar-refractivity contribution is 9.10. The van der Waals surface area contributed by atoms with Crippen molar-refractivity contribution in [3.63, 3.8) is 0 Å². The van der Waals surface area contributed by atoms with Crippen molar-refractivity contribution in [2.45, 2.75) is 6.04 Å². The van der Waals surface area contributed by atoms with Gasteiger partial charge in [-0.3, -0.25) is 0 Å². The first-order valence-electron chi connectivity index (χ1n) is 4.94. The molecule has 82 valence electrons. The first-order chi connectivity index (χ1) is 7.70. The van der Waals surface area contributed by atoms with Crippen LogP contribution >= 0.6 is 15.9 Å². The van der Waals surface area contributed by atoms with Gasteiger partial charge < -0.3 is 5.73 Å². The van der Waals surface area contributed by atoms with Gasteiger partial charge in [0.15, 0.2) is 0 Å². The van der Waals surface area contributed by atoms with E-state index in [0.29, 0.717) is 10.0 Å². The van der Waals surface area contributed by atoms with Crippen LogP contribution in [0.15, 0.2) is 53.0 Å². The Balaban J connectivity index is 2.46. The van der Waals surface area contributed by atoms with E-state index >= 15 is 0 Å². The van der Waals surface area contributed by atoms with Gasteiger partial charge in [0.1, 0.15) is 5.82 Å². The third-order valence-electron chi connectivity index (χ3n) is 2.47. The second kappa shape index (κ2) is 4.76. The lowest BCUT2D eigenvalue weighted by atomic mass is 9.99. The zero-order chi connectivity index (χ0) is 11.5. The summed E-state index contributed by atoms with van der Waals surface area (Å²) in [6.07, 6.45) is 0. The summed E-state index contributed by atoms with van der Waals surface area (Å²) in [7, 11) is 0. The van der Waals surface area contributed by atoms with Crippen LogP contribution in [0.5, 0.6) is 0 Å². The SMILES string of the molecule is NC(c1ccccc1)c1c(F)cccc1Br. The standard InChI is InChI=1S/C13H11BrFN/c14-10-7-4-8-11(15)12(10)13(16)9-5-2-1-3-6-9/h1-8,13H,16H2. The third kappa shape index (κ3) is 2.15. The molecule has 0 saturated heterocycles. The summed E-state index contributed by atoms with van der Waals surface area (Å²) in [5.41, 5.74) is 7.44. The van der Waals surface area contributed by atoms with Crippen LogP contribution < -0.4 is 5.73 Å². The van der Waals surface area contributed by atoms with Gasteiger partial charge in [-0.25, -0.2) is 4.39 Å². The summed E-state index contributed by atoms with van der Waals surface area (Å²) in [5.74, 6) is -0.286. The van der Waals surface area contributed by atoms with Gasteiger partial charge in [0, 0.05) is 10.0 Å². The lowest BCUT2D eigenvalue weighted by Gasteiger charge is -2.15. The van der Waals surface area contributed by atoms with Gasteiger partial charge in [-0.1, -0.05) is 52.3 Å². The third-order valence-corrected chi connectivity index (χ3v) is 3.16. The molecule has 0 heterocycles. The first kappa shape index (κ1) is 11.3. The van der Waals surface area contributed by atoms with Gasteiger partial charge in [0.25, 0.3) is 0 Å². The fraction of sp³-hybridized carbons (Fsp3) is 0.0769. The van der Waals surface area contributed by atoms with Crippen LogP contribution in [0, 0.1) is 5.82 Å². The molecule has 0 amide bonds. The molecule has 0 spiro atoms. The smallest absolute Gasteiger partial charge is 0.129 e. The van der Waals surface area contributed by atoms with Gasteiger partial charge in [0.05, 0.1) is 6.04 Å². The van der Waals surface area contributed by atoms with Gasteiger partial charge in [-0.2, -0.15) is 0 Å². The summed E-state index contributed by atoms with van der Waals surface area (Å²) in [6, 6.07) is 13.9. The van der Waals surface area contributed by atoms with Crippen molar-refractivity contribution in [2.24, 2.45) is 5.73 Å². The van der Waals surface area contributed by atoms with Crippen molar-refractivity contribution in [3.8, 4) is 0 Å². The molecule has 2 aromatic rings. The van der Waals surface area contributed by atoms with Crippen molar-refractivity contribution in [1.29, 1.82) is 0 Å². The van der Waals surface area contributed by atoms with E-state index in [-0.39, 0.29) is 5.82 Å². The molecule has 1 atom stereocenters. The van der Waals surface area contributed by atoms with Crippen LogP contribution in [-0.4, -0.2) is 0 Å². The lowest BCUT2D eigenvalue weighted by Crippen LogP contribution is -2.14. The average molecular weight is 280 g/mol. The first-order valence-corrected chi connectivity index (χ1v) is 5.74. The van der Waals surface area contributed by atoms with Crippen molar-refractivity contribution in [1.82, 2.24) is 0 Å². The van der Waals surface area contributed by atoms with Gasteiger partial charge >= 0.3 is 0 Å². The van der Waals surface area contributed by atoms with E-state index in [4.69, 9.17) is 5.73 Å². The number of benzene rings is 2. The summed E-state index contributed by atoms with van der Waals surface area (Å²) in [5, 5.41) is 0. The molecule has 0 fully saturated rings. The molecule has 0 aliphatic heterocycles. The van der Waals surface area contributed by atoms with Crippen LogP contribution in [-0.2, 0) is 0 Å². The van der Waals surface area contributed by atoms with Crippen molar-refractivity contribution < 1.29 is 4.39 Å². The molecule has 16 heavy (non-hydrogen) atoms. The molecule has 0 bridgehead atoms. The average Bonchev–Trinajstić information content (AvgIpc) is 2.30. The number of rotatable bonds is 2. The molecule has 1 nitrogen and oxygen atoms in total. The molecule has 0 radical (unpaired) electrons. The Hall–Kier alpha value is -1.19. The zero-order valence-electron chi connectivity index (χ0n) is 8.53. The Kier molecular flexibility index (Phi) is 3.36. The van der Waals surface area contributed by atoms with Crippen LogP contribution in [0.3, 0.4) is 0 Å². The van der Waals surface area contributed by atoms with E-state index in [9.17, 15) is 4.39 Å². The maximum absolute atomic E-state index is 13.7. The van der Waals surface area contributed by atoms with E-state index in [2.05, 4.69) is 15.9 Å². The molecular formula is C13H11BrFN. The van der Waals surface area contributed by atoms with Crippen LogP contribution in [0.25, 0.3) is 0 Å². The Morgan fingerprint density at radius 2 is 1.69 bits per heavy atom. The maximum Gasteiger partial charge on any atom is 0.129 e. The molecular weight excluding hydrogens is 269 g/mol. The number of hydrogen-bond acceptors (Lipinski definition) is 1. The Morgan fingerprint density at radius 1 is 1.00 bits per heavy atom. The molecule has 2 aromatic carbocycles. The molecule has 3 heteroatoms. The van der Waals surface area contributed by atoms with E-state index in [1.54, 1.807) is 12.1 Å². The Bertz CT molecular complexity index is 464. The predicted octanol–water partition coefficient (Wildman–Crippen LogP) is 3.64. The van der Waals surface area contributed by atoms with Crippen LogP contribution in [0.1, 0.15) is 17.2 Å². The molecule has 2 N–H and O–H groups in total. The number of halogens is 2. The van der Waals surface area contributed by atoms with Gasteiger partial charge in [-0.15, -0.1) is 0 Å². The van der Waals surface area contributed by atoms with Crippen molar-refractivity contribution >= 4 is 15.9 Å². The summed E-state index contributed by atoms with van der Waals surface area (Å²) < 4.78 is 14.4. The Labute approximate surface area is 102 Å². The molecule has 0 aliphatic rings. The van der Waals surface area contributed by atoms with E-state index < -0.39 is 6.04 Å². The second-order valence-electron chi connectivity index (χ2n) is 3.52. The minimum absolute atomic E-state index is 0.286. The van der Waals surface area contributed by atoms with E-state index in [0.717, 1.165) is 5.56 Å². The predicted molar refractivity (Wildman–Crippen MR) is 66.6 cm³/mol.